The van der Waals surface area contributed by atoms with E-state index in [9.17, 15) is 14.4 Å². The second-order valence-electron chi connectivity index (χ2n) is 13.9. The molecule has 0 aromatic heterocycles. The van der Waals surface area contributed by atoms with Crippen LogP contribution in [-0.4, -0.2) is 74.0 Å². The Morgan fingerprint density at radius 1 is 0.660 bits per heavy atom. The van der Waals surface area contributed by atoms with Gasteiger partial charge in [0.05, 0.1) is 13.0 Å². The Morgan fingerprint density at radius 2 is 1.21 bits per heavy atom. The summed E-state index contributed by atoms with van der Waals surface area (Å²) in [6, 6.07) is -0.557. The lowest BCUT2D eigenvalue weighted by atomic mass is 9.93. The van der Waals surface area contributed by atoms with E-state index in [-0.39, 0.29) is 23.7 Å². The standard InChI is InChI=1S/C39H77N3O4S/c1-7-11-14-16-18-19-21-23-26-35(25-22-20-17-15-12-8-2)38(44)41-36(39(45)40-29-30-42(5)6)27-31-47-32-28-37(43)46-33-34(10-4)24-13-9-3/h34-36H,7-33H2,1-6H3,(H,40,45)(H,41,44). The second kappa shape index (κ2) is 33.2. The molecule has 3 unspecified atom stereocenters. The zero-order valence-corrected chi connectivity index (χ0v) is 32.6. The van der Waals surface area contributed by atoms with Crippen LogP contribution in [0.2, 0.25) is 0 Å². The maximum Gasteiger partial charge on any atom is 0.306 e. The second-order valence-corrected chi connectivity index (χ2v) is 15.1. The third-order valence-corrected chi connectivity index (χ3v) is 10.2. The number of ether oxygens (including phenoxy) is 1. The van der Waals surface area contributed by atoms with Gasteiger partial charge in [0.15, 0.2) is 0 Å². The van der Waals surface area contributed by atoms with Crippen LogP contribution in [0.15, 0.2) is 0 Å². The summed E-state index contributed by atoms with van der Waals surface area (Å²) in [6.07, 6.45) is 24.5. The normalized spacial score (nSPS) is 13.3. The summed E-state index contributed by atoms with van der Waals surface area (Å²) in [6.45, 7) is 10.6. The van der Waals surface area contributed by atoms with Gasteiger partial charge in [-0.3, -0.25) is 14.4 Å². The average Bonchev–Trinajstić information content (AvgIpc) is 3.05. The van der Waals surface area contributed by atoms with E-state index in [2.05, 4.69) is 38.3 Å². The van der Waals surface area contributed by atoms with Crippen LogP contribution < -0.4 is 10.6 Å². The Kier molecular flexibility index (Phi) is 32.3. The fourth-order valence-electron chi connectivity index (χ4n) is 5.83. The van der Waals surface area contributed by atoms with Gasteiger partial charge in [-0.1, -0.05) is 137 Å². The van der Waals surface area contributed by atoms with Crippen molar-refractivity contribution in [1.82, 2.24) is 15.5 Å². The van der Waals surface area contributed by atoms with Crippen molar-refractivity contribution in [2.45, 2.75) is 175 Å². The minimum Gasteiger partial charge on any atom is -0.465 e. The molecule has 0 bridgehead atoms. The van der Waals surface area contributed by atoms with E-state index < -0.39 is 6.04 Å². The fourth-order valence-corrected chi connectivity index (χ4v) is 6.74. The minimum atomic E-state index is -0.557. The Hall–Kier alpha value is -1.28. The number of amides is 2. The number of carbonyl (C=O) groups is 3. The van der Waals surface area contributed by atoms with Gasteiger partial charge in [0, 0.05) is 24.8 Å². The van der Waals surface area contributed by atoms with E-state index in [1.54, 1.807) is 11.8 Å². The SMILES string of the molecule is CCCCCCCCCCC(CCCCCCCC)C(=O)NC(CCSCCC(=O)OCC(CC)CCCC)C(=O)NCCN(C)C. The first-order valence-corrected chi connectivity index (χ1v) is 20.9. The molecule has 0 saturated heterocycles. The van der Waals surface area contributed by atoms with Crippen LogP contribution >= 0.6 is 11.8 Å². The molecule has 0 aliphatic rings. The molecule has 3 atom stereocenters. The fraction of sp³-hybridized carbons (Fsp3) is 0.923. The highest BCUT2D eigenvalue weighted by molar-refractivity contribution is 7.99. The van der Waals surface area contributed by atoms with Crippen molar-refractivity contribution >= 4 is 29.5 Å². The Bertz CT molecular complexity index is 752. The van der Waals surface area contributed by atoms with Gasteiger partial charge in [-0.05, 0) is 51.4 Å². The smallest absolute Gasteiger partial charge is 0.306 e. The van der Waals surface area contributed by atoms with Crippen molar-refractivity contribution in [2.75, 3.05) is 45.3 Å². The molecule has 7 nitrogen and oxygen atoms in total. The van der Waals surface area contributed by atoms with E-state index in [1.807, 2.05) is 19.0 Å². The highest BCUT2D eigenvalue weighted by Gasteiger charge is 2.25. The van der Waals surface area contributed by atoms with Crippen LogP contribution in [0.5, 0.6) is 0 Å². The van der Waals surface area contributed by atoms with Crippen LogP contribution in [0.4, 0.5) is 0 Å². The molecule has 2 amide bonds. The molecule has 8 heteroatoms. The number of rotatable bonds is 34. The van der Waals surface area contributed by atoms with Crippen LogP contribution in [0.25, 0.3) is 0 Å². The third kappa shape index (κ3) is 28.3. The molecule has 0 rings (SSSR count). The maximum absolute atomic E-state index is 13.7. The average molecular weight is 684 g/mol. The van der Waals surface area contributed by atoms with Crippen molar-refractivity contribution in [2.24, 2.45) is 11.8 Å². The number of esters is 1. The molecule has 0 aromatic rings. The molecule has 0 spiro atoms. The lowest BCUT2D eigenvalue weighted by molar-refractivity contribution is -0.144. The van der Waals surface area contributed by atoms with Gasteiger partial charge in [-0.15, -0.1) is 0 Å². The molecular formula is C39H77N3O4S. The third-order valence-electron chi connectivity index (χ3n) is 9.20. The zero-order chi connectivity index (χ0) is 35.0. The molecule has 0 fully saturated rings. The van der Waals surface area contributed by atoms with Gasteiger partial charge in [0.25, 0.3) is 0 Å². The molecule has 0 heterocycles. The Balaban J connectivity index is 5.02. The lowest BCUT2D eigenvalue weighted by Gasteiger charge is -2.23. The van der Waals surface area contributed by atoms with Gasteiger partial charge >= 0.3 is 5.97 Å². The van der Waals surface area contributed by atoms with E-state index in [1.165, 1.54) is 83.5 Å². The molecule has 278 valence electrons. The molecule has 0 aromatic carbocycles. The van der Waals surface area contributed by atoms with Crippen molar-refractivity contribution < 1.29 is 19.1 Å². The van der Waals surface area contributed by atoms with E-state index >= 15 is 0 Å². The summed E-state index contributed by atoms with van der Waals surface area (Å²) in [5.41, 5.74) is 0. The topological polar surface area (TPSA) is 87.7 Å². The predicted octanol–water partition coefficient (Wildman–Crippen LogP) is 9.32. The monoisotopic (exact) mass is 684 g/mol. The van der Waals surface area contributed by atoms with Crippen LogP contribution in [0.1, 0.15) is 169 Å². The Morgan fingerprint density at radius 3 is 1.74 bits per heavy atom. The summed E-state index contributed by atoms with van der Waals surface area (Å²) >= 11 is 1.65. The lowest BCUT2D eigenvalue weighted by Crippen LogP contribution is -2.49. The van der Waals surface area contributed by atoms with E-state index in [0.29, 0.717) is 43.4 Å². The van der Waals surface area contributed by atoms with Gasteiger partial charge in [0.1, 0.15) is 6.04 Å². The molecule has 0 radical (unpaired) electrons. The summed E-state index contributed by atoms with van der Waals surface area (Å²) in [7, 11) is 3.97. The number of likely N-dealkylation sites (N-methyl/N-ethyl adjacent to an activating group) is 1. The number of hydrogen-bond acceptors (Lipinski definition) is 6. The summed E-state index contributed by atoms with van der Waals surface area (Å²) < 4.78 is 5.55. The molecule has 0 saturated carbocycles. The molecule has 47 heavy (non-hydrogen) atoms. The highest BCUT2D eigenvalue weighted by atomic mass is 32.2. The predicted molar refractivity (Wildman–Crippen MR) is 203 cm³/mol. The van der Waals surface area contributed by atoms with Gasteiger partial charge < -0.3 is 20.3 Å². The van der Waals surface area contributed by atoms with Gasteiger partial charge in [-0.2, -0.15) is 11.8 Å². The van der Waals surface area contributed by atoms with Crippen molar-refractivity contribution in [3.63, 3.8) is 0 Å². The number of nitrogens with zero attached hydrogens (tertiary/aromatic N) is 1. The number of unbranched alkanes of at least 4 members (excludes halogenated alkanes) is 13. The summed E-state index contributed by atoms with van der Waals surface area (Å²) in [5, 5.41) is 6.22. The van der Waals surface area contributed by atoms with Crippen molar-refractivity contribution in [1.29, 1.82) is 0 Å². The number of thioether (sulfide) groups is 1. The molecule has 0 aliphatic heterocycles. The first-order chi connectivity index (χ1) is 22.8. The maximum atomic E-state index is 13.7. The number of carbonyl (C=O) groups excluding carboxylic acids is 3. The summed E-state index contributed by atoms with van der Waals surface area (Å²) in [5.74, 6) is 1.56. The van der Waals surface area contributed by atoms with Crippen molar-refractivity contribution in [3.8, 4) is 0 Å². The summed E-state index contributed by atoms with van der Waals surface area (Å²) in [4.78, 5) is 41.3. The van der Waals surface area contributed by atoms with Crippen LogP contribution in [-0.2, 0) is 19.1 Å². The van der Waals surface area contributed by atoms with E-state index in [4.69, 9.17) is 4.74 Å². The van der Waals surface area contributed by atoms with Crippen molar-refractivity contribution in [3.05, 3.63) is 0 Å². The minimum absolute atomic E-state index is 0.0370. The molecule has 0 aliphatic carbocycles. The van der Waals surface area contributed by atoms with Gasteiger partial charge in [0.2, 0.25) is 11.8 Å². The largest absolute Gasteiger partial charge is 0.465 e. The zero-order valence-electron chi connectivity index (χ0n) is 31.8. The number of nitrogens with one attached hydrogen (secondary N) is 2. The first-order valence-electron chi connectivity index (χ1n) is 19.7. The van der Waals surface area contributed by atoms with Gasteiger partial charge in [-0.25, -0.2) is 0 Å². The van der Waals surface area contributed by atoms with E-state index in [0.717, 1.165) is 51.5 Å². The molecule has 2 N–H and O–H groups in total. The quantitative estimate of drug-likeness (QED) is 0.0519. The van der Waals surface area contributed by atoms with Crippen LogP contribution in [0, 0.1) is 11.8 Å². The Labute approximate surface area is 295 Å². The first kappa shape index (κ1) is 45.7. The highest BCUT2D eigenvalue weighted by Crippen LogP contribution is 2.21. The number of hydrogen-bond donors (Lipinski definition) is 2. The molecular weight excluding hydrogens is 607 g/mol. The van der Waals surface area contributed by atoms with Crippen LogP contribution in [0.3, 0.4) is 0 Å².